The number of aromatic nitrogens is 1. The molecule has 3 aromatic rings. The van der Waals surface area contributed by atoms with Crippen molar-refractivity contribution >= 4 is 34.1 Å². The highest BCUT2D eigenvalue weighted by molar-refractivity contribution is 6.39. The largest absolute Gasteiger partial charge is 0.497 e. The Hall–Kier alpha value is -1.77. The maximum atomic E-state index is 6.49. The first kappa shape index (κ1) is 13.2. The van der Waals surface area contributed by atoms with Gasteiger partial charge in [-0.3, -0.25) is 4.98 Å². The first-order chi connectivity index (χ1) is 9.69. The molecule has 0 radical (unpaired) electrons. The lowest BCUT2D eigenvalue weighted by Crippen LogP contribution is -1.87. The SMILES string of the molecule is COc1ccc(-c2cnc3ccc(Cl)cc3c2Cl)cc1. The van der Waals surface area contributed by atoms with Gasteiger partial charge in [-0.05, 0) is 35.9 Å². The number of rotatable bonds is 2. The fraction of sp³-hybridized carbons (Fsp3) is 0.0625. The average molecular weight is 304 g/mol. The maximum Gasteiger partial charge on any atom is 0.118 e. The van der Waals surface area contributed by atoms with Crippen LogP contribution in [0, 0.1) is 0 Å². The third-order valence-corrected chi connectivity index (χ3v) is 3.81. The number of methoxy groups -OCH3 is 1. The summed E-state index contributed by atoms with van der Waals surface area (Å²) in [5, 5.41) is 2.16. The normalized spacial score (nSPS) is 10.8. The van der Waals surface area contributed by atoms with Gasteiger partial charge in [0, 0.05) is 22.2 Å². The molecule has 0 aliphatic carbocycles. The van der Waals surface area contributed by atoms with E-state index in [0.29, 0.717) is 10.0 Å². The zero-order valence-corrected chi connectivity index (χ0v) is 12.2. The summed E-state index contributed by atoms with van der Waals surface area (Å²) in [5.74, 6) is 0.807. The predicted molar refractivity (Wildman–Crippen MR) is 83.8 cm³/mol. The van der Waals surface area contributed by atoms with Gasteiger partial charge in [-0.25, -0.2) is 0 Å². The van der Waals surface area contributed by atoms with Crippen LogP contribution in [0.4, 0.5) is 0 Å². The van der Waals surface area contributed by atoms with Crippen LogP contribution < -0.4 is 4.74 Å². The molecule has 0 bridgehead atoms. The van der Waals surface area contributed by atoms with Crippen molar-refractivity contribution in [3.8, 4) is 16.9 Å². The van der Waals surface area contributed by atoms with Gasteiger partial charge in [0.25, 0.3) is 0 Å². The molecular weight excluding hydrogens is 293 g/mol. The van der Waals surface area contributed by atoms with E-state index in [-0.39, 0.29) is 0 Å². The Morgan fingerprint density at radius 1 is 1.00 bits per heavy atom. The summed E-state index contributed by atoms with van der Waals surface area (Å²) < 4.78 is 5.16. The van der Waals surface area contributed by atoms with E-state index in [1.165, 1.54) is 0 Å². The lowest BCUT2D eigenvalue weighted by atomic mass is 10.1. The molecule has 0 aliphatic heterocycles. The van der Waals surface area contributed by atoms with Crippen LogP contribution in [0.15, 0.2) is 48.7 Å². The Morgan fingerprint density at radius 2 is 1.75 bits per heavy atom. The van der Waals surface area contributed by atoms with Crippen molar-refractivity contribution in [2.45, 2.75) is 0 Å². The summed E-state index contributed by atoms with van der Waals surface area (Å²) in [4.78, 5) is 4.43. The monoisotopic (exact) mass is 303 g/mol. The molecule has 4 heteroatoms. The number of ether oxygens (including phenoxy) is 1. The first-order valence-corrected chi connectivity index (χ1v) is 6.83. The molecule has 0 fully saturated rings. The molecule has 0 saturated carbocycles. The molecule has 100 valence electrons. The second-order valence-electron chi connectivity index (χ2n) is 4.38. The molecule has 2 nitrogen and oxygen atoms in total. The minimum Gasteiger partial charge on any atom is -0.497 e. The Bertz CT molecular complexity index is 769. The van der Waals surface area contributed by atoms with Crippen molar-refractivity contribution in [2.75, 3.05) is 7.11 Å². The molecule has 0 aliphatic rings. The van der Waals surface area contributed by atoms with E-state index in [4.69, 9.17) is 27.9 Å². The standard InChI is InChI=1S/C16H11Cl2NO/c1-20-12-5-2-10(3-6-12)14-9-19-15-7-4-11(17)8-13(15)16(14)18/h2-9H,1H3. The minimum atomic E-state index is 0.646. The van der Waals surface area contributed by atoms with E-state index in [0.717, 1.165) is 27.8 Å². The average Bonchev–Trinajstić information content (AvgIpc) is 2.48. The van der Waals surface area contributed by atoms with E-state index < -0.39 is 0 Å². The number of pyridine rings is 1. The van der Waals surface area contributed by atoms with Gasteiger partial charge in [0.1, 0.15) is 5.75 Å². The number of hydrogen-bond acceptors (Lipinski definition) is 2. The van der Waals surface area contributed by atoms with Gasteiger partial charge >= 0.3 is 0 Å². The molecule has 1 aromatic heterocycles. The van der Waals surface area contributed by atoms with E-state index >= 15 is 0 Å². The summed E-state index contributed by atoms with van der Waals surface area (Å²) in [6.07, 6.45) is 1.78. The van der Waals surface area contributed by atoms with E-state index in [9.17, 15) is 0 Å². The highest BCUT2D eigenvalue weighted by Gasteiger charge is 2.09. The second-order valence-corrected chi connectivity index (χ2v) is 5.19. The van der Waals surface area contributed by atoms with Crippen molar-refractivity contribution in [2.24, 2.45) is 0 Å². The maximum absolute atomic E-state index is 6.49. The topological polar surface area (TPSA) is 22.1 Å². The molecule has 0 unspecified atom stereocenters. The molecule has 3 rings (SSSR count). The van der Waals surface area contributed by atoms with Crippen LogP contribution in [0.3, 0.4) is 0 Å². The molecule has 0 spiro atoms. The number of fused-ring (bicyclic) bond motifs is 1. The lowest BCUT2D eigenvalue weighted by Gasteiger charge is -2.08. The molecule has 0 saturated heterocycles. The Labute approximate surface area is 126 Å². The summed E-state index contributed by atoms with van der Waals surface area (Å²) in [5.41, 5.74) is 2.70. The zero-order chi connectivity index (χ0) is 14.1. The molecular formula is C16H11Cl2NO. The molecule has 0 N–H and O–H groups in total. The molecule has 1 heterocycles. The van der Waals surface area contributed by atoms with Crippen molar-refractivity contribution in [3.63, 3.8) is 0 Å². The summed E-state index contributed by atoms with van der Waals surface area (Å²) >= 11 is 12.5. The van der Waals surface area contributed by atoms with Crippen LogP contribution in [-0.2, 0) is 0 Å². The van der Waals surface area contributed by atoms with Crippen molar-refractivity contribution in [3.05, 3.63) is 58.7 Å². The molecule has 2 aromatic carbocycles. The van der Waals surface area contributed by atoms with Crippen LogP contribution in [-0.4, -0.2) is 12.1 Å². The quantitative estimate of drug-likeness (QED) is 0.648. The van der Waals surface area contributed by atoms with Crippen LogP contribution >= 0.6 is 23.2 Å². The van der Waals surface area contributed by atoms with Crippen LogP contribution in [0.2, 0.25) is 10.0 Å². The fourth-order valence-electron chi connectivity index (χ4n) is 2.10. The van der Waals surface area contributed by atoms with Gasteiger partial charge in [-0.1, -0.05) is 35.3 Å². The van der Waals surface area contributed by atoms with Crippen molar-refractivity contribution in [1.29, 1.82) is 0 Å². The summed E-state index contributed by atoms with van der Waals surface area (Å²) in [6.45, 7) is 0. The van der Waals surface area contributed by atoms with Gasteiger partial charge < -0.3 is 4.74 Å². The molecule has 20 heavy (non-hydrogen) atoms. The van der Waals surface area contributed by atoms with Crippen LogP contribution in [0.1, 0.15) is 0 Å². The molecule has 0 atom stereocenters. The van der Waals surface area contributed by atoms with Crippen LogP contribution in [0.25, 0.3) is 22.0 Å². The first-order valence-electron chi connectivity index (χ1n) is 6.07. The van der Waals surface area contributed by atoms with Gasteiger partial charge in [0.15, 0.2) is 0 Å². The Kier molecular flexibility index (Phi) is 3.51. The fourth-order valence-corrected chi connectivity index (χ4v) is 2.59. The number of nitrogens with zero attached hydrogens (tertiary/aromatic N) is 1. The second kappa shape index (κ2) is 5.31. The lowest BCUT2D eigenvalue weighted by molar-refractivity contribution is 0.415. The van der Waals surface area contributed by atoms with Crippen molar-refractivity contribution < 1.29 is 4.74 Å². The smallest absolute Gasteiger partial charge is 0.118 e. The van der Waals surface area contributed by atoms with Gasteiger partial charge in [-0.15, -0.1) is 0 Å². The van der Waals surface area contributed by atoms with Crippen LogP contribution in [0.5, 0.6) is 5.75 Å². The highest BCUT2D eigenvalue weighted by atomic mass is 35.5. The third kappa shape index (κ3) is 2.33. The Morgan fingerprint density at radius 3 is 2.45 bits per heavy atom. The van der Waals surface area contributed by atoms with E-state index in [1.807, 2.05) is 36.4 Å². The number of benzene rings is 2. The molecule has 0 amide bonds. The Balaban J connectivity index is 2.17. The summed E-state index contributed by atoms with van der Waals surface area (Å²) in [6, 6.07) is 13.2. The predicted octanol–water partition coefficient (Wildman–Crippen LogP) is 5.22. The zero-order valence-electron chi connectivity index (χ0n) is 10.7. The summed E-state index contributed by atoms with van der Waals surface area (Å²) in [7, 11) is 1.64. The van der Waals surface area contributed by atoms with Gasteiger partial charge in [-0.2, -0.15) is 0 Å². The number of hydrogen-bond donors (Lipinski definition) is 0. The minimum absolute atomic E-state index is 0.646. The van der Waals surface area contributed by atoms with Crippen molar-refractivity contribution in [1.82, 2.24) is 4.98 Å². The van der Waals surface area contributed by atoms with E-state index in [2.05, 4.69) is 4.98 Å². The van der Waals surface area contributed by atoms with Gasteiger partial charge in [0.2, 0.25) is 0 Å². The third-order valence-electron chi connectivity index (χ3n) is 3.17. The van der Waals surface area contributed by atoms with Gasteiger partial charge in [0.05, 0.1) is 17.6 Å². The highest BCUT2D eigenvalue weighted by Crippen LogP contribution is 2.34. The van der Waals surface area contributed by atoms with E-state index in [1.54, 1.807) is 19.4 Å². The number of halogens is 2.